The topological polar surface area (TPSA) is 63.7 Å². The molecule has 5 nitrogen and oxygen atoms in total. The van der Waals surface area contributed by atoms with Gasteiger partial charge in [0.1, 0.15) is 5.82 Å². The fourth-order valence-corrected chi connectivity index (χ4v) is 6.06. The van der Waals surface area contributed by atoms with Crippen LogP contribution in [0.2, 0.25) is 5.02 Å². The molecule has 0 unspecified atom stereocenters. The third kappa shape index (κ3) is 4.65. The summed E-state index contributed by atoms with van der Waals surface area (Å²) in [6.45, 7) is 0.690. The van der Waals surface area contributed by atoms with Crippen molar-refractivity contribution in [3.63, 3.8) is 0 Å². The summed E-state index contributed by atoms with van der Waals surface area (Å²) in [5, 5.41) is 2.00. The second-order valence-corrected chi connectivity index (χ2v) is 10.3. The number of ether oxygens (including phenoxy) is 1. The monoisotopic (exact) mass is 475 g/mol. The molecule has 1 aliphatic heterocycles. The van der Waals surface area contributed by atoms with E-state index >= 15 is 0 Å². The van der Waals surface area contributed by atoms with Crippen molar-refractivity contribution in [2.24, 2.45) is 0 Å². The number of esters is 1. The number of benzene rings is 3. The Balaban J connectivity index is 1.62. The molecule has 0 bridgehead atoms. The van der Waals surface area contributed by atoms with Crippen molar-refractivity contribution in [3.8, 4) is 0 Å². The van der Waals surface area contributed by atoms with Gasteiger partial charge in [-0.2, -0.15) is 4.31 Å². The number of carbonyl (C=O) groups is 1. The van der Waals surface area contributed by atoms with Crippen LogP contribution in [0.1, 0.15) is 29.9 Å². The molecule has 32 heavy (non-hydrogen) atoms. The van der Waals surface area contributed by atoms with E-state index in [-0.39, 0.29) is 29.0 Å². The third-order valence-electron chi connectivity index (χ3n) is 5.91. The number of hydrogen-bond acceptors (Lipinski definition) is 4. The van der Waals surface area contributed by atoms with Crippen molar-refractivity contribution in [1.82, 2.24) is 4.31 Å². The summed E-state index contributed by atoms with van der Waals surface area (Å²) in [4.78, 5) is 12.0. The fraction of sp³-hybridized carbons (Fsp3) is 0.292. The maximum Gasteiger partial charge on any atom is 0.309 e. The highest BCUT2D eigenvalue weighted by molar-refractivity contribution is 7.89. The Bertz CT molecular complexity index is 1270. The number of fused-ring (bicyclic) bond motifs is 1. The van der Waals surface area contributed by atoms with Crippen molar-refractivity contribution in [1.29, 1.82) is 0 Å². The van der Waals surface area contributed by atoms with Crippen LogP contribution in [0.3, 0.4) is 0 Å². The molecule has 3 aromatic carbocycles. The van der Waals surface area contributed by atoms with Gasteiger partial charge in [-0.05, 0) is 71.0 Å². The molecule has 1 heterocycles. The van der Waals surface area contributed by atoms with Gasteiger partial charge in [0.15, 0.2) is 0 Å². The zero-order valence-corrected chi connectivity index (χ0v) is 19.1. The Kier molecular flexibility index (Phi) is 6.51. The van der Waals surface area contributed by atoms with Crippen LogP contribution < -0.4 is 0 Å². The summed E-state index contributed by atoms with van der Waals surface area (Å²) < 4.78 is 46.3. The van der Waals surface area contributed by atoms with Crippen molar-refractivity contribution in [2.45, 2.75) is 30.1 Å². The van der Waals surface area contributed by atoms with Gasteiger partial charge in [0.05, 0.1) is 18.4 Å². The molecule has 1 fully saturated rings. The molecule has 0 aromatic heterocycles. The first-order valence-electron chi connectivity index (χ1n) is 10.3. The van der Waals surface area contributed by atoms with Gasteiger partial charge in [0.2, 0.25) is 10.0 Å². The second-order valence-electron chi connectivity index (χ2n) is 7.94. The van der Waals surface area contributed by atoms with Crippen LogP contribution in [0.25, 0.3) is 10.8 Å². The highest BCUT2D eigenvalue weighted by Gasteiger charge is 2.31. The predicted molar refractivity (Wildman–Crippen MR) is 122 cm³/mol. The van der Waals surface area contributed by atoms with Gasteiger partial charge in [-0.1, -0.05) is 35.9 Å². The smallest absolute Gasteiger partial charge is 0.309 e. The van der Waals surface area contributed by atoms with Crippen LogP contribution in [0.4, 0.5) is 4.39 Å². The van der Waals surface area contributed by atoms with Crippen molar-refractivity contribution in [3.05, 3.63) is 76.6 Å². The number of methoxy groups -OCH3 is 1. The molecule has 8 heteroatoms. The van der Waals surface area contributed by atoms with Gasteiger partial charge < -0.3 is 4.74 Å². The predicted octanol–water partition coefficient (Wildman–Crippen LogP) is 4.92. The van der Waals surface area contributed by atoms with Gasteiger partial charge >= 0.3 is 5.97 Å². The lowest BCUT2D eigenvalue weighted by molar-refractivity contribution is -0.139. The van der Waals surface area contributed by atoms with Crippen molar-refractivity contribution in [2.75, 3.05) is 20.2 Å². The first-order chi connectivity index (χ1) is 15.3. The largest absolute Gasteiger partial charge is 0.469 e. The molecule has 0 spiro atoms. The number of sulfonamides is 1. The summed E-state index contributed by atoms with van der Waals surface area (Å²) in [5.41, 5.74) is 1.72. The minimum absolute atomic E-state index is 0.0442. The Morgan fingerprint density at radius 3 is 2.56 bits per heavy atom. The molecule has 4 rings (SSSR count). The number of nitrogens with zero attached hydrogens (tertiary/aromatic N) is 1. The van der Waals surface area contributed by atoms with Gasteiger partial charge in [0, 0.05) is 18.1 Å². The van der Waals surface area contributed by atoms with Crippen LogP contribution in [0.5, 0.6) is 0 Å². The molecule has 0 radical (unpaired) electrons. The molecule has 0 atom stereocenters. The molecule has 0 aliphatic carbocycles. The van der Waals surface area contributed by atoms with Gasteiger partial charge in [-0.15, -0.1) is 0 Å². The number of halogens is 2. The average molecular weight is 476 g/mol. The molecular formula is C24H23ClFNO4S. The first-order valence-corrected chi connectivity index (χ1v) is 12.1. The summed E-state index contributed by atoms with van der Waals surface area (Å²) in [6.07, 6.45) is 1.30. The normalized spacial score (nSPS) is 15.7. The van der Waals surface area contributed by atoms with E-state index in [1.807, 2.05) is 12.1 Å². The Labute approximate surface area is 191 Å². The third-order valence-corrected chi connectivity index (χ3v) is 8.04. The summed E-state index contributed by atoms with van der Waals surface area (Å²) >= 11 is 5.98. The SMILES string of the molecule is COC(=O)Cc1cc(C2CCN(S(=O)(=O)c3cccc(Cl)c3)CC2)c2cc(F)ccc2c1. The van der Waals surface area contributed by atoms with E-state index in [1.165, 1.54) is 29.6 Å². The molecule has 0 amide bonds. The van der Waals surface area contributed by atoms with E-state index < -0.39 is 10.0 Å². The number of hydrogen-bond donors (Lipinski definition) is 0. The summed E-state index contributed by atoms with van der Waals surface area (Å²) in [5.74, 6) is -0.636. The first kappa shape index (κ1) is 22.7. The standard InChI is InChI=1S/C24H23ClFNO4S/c1-31-24(28)13-16-11-18-5-6-20(26)15-23(18)22(12-16)17-7-9-27(10-8-17)32(29,30)21-4-2-3-19(25)14-21/h2-6,11-12,14-15,17H,7-10,13H2,1H3. The van der Waals surface area contributed by atoms with Gasteiger partial charge in [-0.3, -0.25) is 4.79 Å². The van der Waals surface area contributed by atoms with Crippen LogP contribution in [-0.4, -0.2) is 38.9 Å². The maximum atomic E-state index is 14.0. The number of rotatable bonds is 5. The summed E-state index contributed by atoms with van der Waals surface area (Å²) in [7, 11) is -2.30. The Hall–Kier alpha value is -2.48. The van der Waals surface area contributed by atoms with E-state index in [1.54, 1.807) is 24.3 Å². The van der Waals surface area contributed by atoms with E-state index in [0.717, 1.165) is 21.9 Å². The van der Waals surface area contributed by atoms with E-state index in [0.29, 0.717) is 31.0 Å². The highest BCUT2D eigenvalue weighted by Crippen LogP contribution is 2.36. The lowest BCUT2D eigenvalue weighted by atomic mass is 9.85. The average Bonchev–Trinajstić information content (AvgIpc) is 2.79. The lowest BCUT2D eigenvalue weighted by Crippen LogP contribution is -2.37. The second kappa shape index (κ2) is 9.17. The Morgan fingerprint density at radius 1 is 1.12 bits per heavy atom. The molecular weight excluding hydrogens is 453 g/mol. The summed E-state index contributed by atoms with van der Waals surface area (Å²) in [6, 6.07) is 14.6. The minimum atomic E-state index is -3.64. The van der Waals surface area contributed by atoms with Gasteiger partial charge in [-0.25, -0.2) is 12.8 Å². The number of piperidine rings is 1. The molecule has 0 N–H and O–H groups in total. The molecule has 1 aliphatic rings. The van der Waals surface area contributed by atoms with Crippen LogP contribution >= 0.6 is 11.6 Å². The minimum Gasteiger partial charge on any atom is -0.469 e. The molecule has 1 saturated heterocycles. The van der Waals surface area contributed by atoms with Crippen molar-refractivity contribution < 1.29 is 22.3 Å². The zero-order valence-electron chi connectivity index (χ0n) is 17.6. The van der Waals surface area contributed by atoms with Gasteiger partial charge in [0.25, 0.3) is 0 Å². The lowest BCUT2D eigenvalue weighted by Gasteiger charge is -2.32. The zero-order chi connectivity index (χ0) is 22.9. The molecule has 168 valence electrons. The quantitative estimate of drug-likeness (QED) is 0.491. The van der Waals surface area contributed by atoms with E-state index in [9.17, 15) is 17.6 Å². The fourth-order valence-electron chi connectivity index (χ4n) is 4.29. The van der Waals surface area contributed by atoms with Crippen LogP contribution in [-0.2, 0) is 26.0 Å². The molecule has 3 aromatic rings. The maximum absolute atomic E-state index is 14.0. The van der Waals surface area contributed by atoms with Crippen LogP contribution in [0.15, 0.2) is 59.5 Å². The van der Waals surface area contributed by atoms with E-state index in [2.05, 4.69) is 0 Å². The highest BCUT2D eigenvalue weighted by atomic mass is 35.5. The Morgan fingerprint density at radius 2 is 1.88 bits per heavy atom. The number of carbonyl (C=O) groups excluding carboxylic acids is 1. The van der Waals surface area contributed by atoms with Crippen LogP contribution in [0, 0.1) is 5.82 Å². The molecule has 0 saturated carbocycles. The van der Waals surface area contributed by atoms with E-state index in [4.69, 9.17) is 16.3 Å². The van der Waals surface area contributed by atoms with Crippen molar-refractivity contribution >= 4 is 38.4 Å².